The quantitative estimate of drug-likeness (QED) is 0.494. The average Bonchev–Trinajstić information content (AvgIpc) is 2.34. The van der Waals surface area contributed by atoms with E-state index in [-0.39, 0.29) is 11.5 Å². The van der Waals surface area contributed by atoms with Crippen LogP contribution in [0.25, 0.3) is 10.4 Å². The van der Waals surface area contributed by atoms with Crippen LogP contribution in [0.1, 0.15) is 11.1 Å². The van der Waals surface area contributed by atoms with Crippen LogP contribution in [0.5, 0.6) is 0 Å². The molecule has 0 atom stereocenters. The summed E-state index contributed by atoms with van der Waals surface area (Å²) in [6, 6.07) is 9.59. The van der Waals surface area contributed by atoms with E-state index in [0.717, 1.165) is 5.56 Å². The van der Waals surface area contributed by atoms with Gasteiger partial charge in [0.05, 0.1) is 0 Å². The monoisotopic (exact) mass is 227 g/mol. The minimum atomic E-state index is -0.286. The smallest absolute Gasteiger partial charge is 0.254 e. The predicted molar refractivity (Wildman–Crippen MR) is 62.9 cm³/mol. The Morgan fingerprint density at radius 2 is 2.12 bits per heavy atom. The fourth-order valence-electron chi connectivity index (χ4n) is 1.45. The van der Waals surface area contributed by atoms with Crippen molar-refractivity contribution in [3.63, 3.8) is 0 Å². The number of rotatable bonds is 3. The first kappa shape index (κ1) is 10.9. The predicted octanol–water partition coefficient (Wildman–Crippen LogP) is 2.30. The van der Waals surface area contributed by atoms with E-state index in [1.165, 1.54) is 6.20 Å². The molecular weight excluding hydrogens is 218 g/mol. The number of aromatic nitrogens is 2. The molecule has 0 bridgehead atoms. The number of azide groups is 1. The van der Waals surface area contributed by atoms with Crippen molar-refractivity contribution in [1.29, 1.82) is 0 Å². The summed E-state index contributed by atoms with van der Waals surface area (Å²) in [5.74, 6) is -0.0192. The maximum atomic E-state index is 11.6. The fourth-order valence-corrected chi connectivity index (χ4v) is 1.45. The molecule has 2 rings (SSSR count). The minimum Gasteiger partial charge on any atom is -0.305 e. The molecule has 0 saturated heterocycles. The molecule has 1 heterocycles. The summed E-state index contributed by atoms with van der Waals surface area (Å²) in [7, 11) is 0. The first-order chi connectivity index (χ1) is 8.29. The maximum Gasteiger partial charge on any atom is 0.254 e. The highest BCUT2D eigenvalue weighted by molar-refractivity contribution is 5.24. The third kappa shape index (κ3) is 2.70. The lowest BCUT2D eigenvalue weighted by molar-refractivity contribution is 1.01. The van der Waals surface area contributed by atoms with Crippen molar-refractivity contribution < 1.29 is 0 Å². The normalized spacial score (nSPS) is 9.65. The zero-order valence-corrected chi connectivity index (χ0v) is 8.87. The number of hydrogen-bond donors (Lipinski definition) is 1. The molecule has 0 fully saturated rings. The van der Waals surface area contributed by atoms with Crippen molar-refractivity contribution in [3.05, 3.63) is 68.5 Å². The fraction of sp³-hybridized carbons (Fsp3) is 0.0909. The number of H-pyrrole nitrogens is 1. The summed E-state index contributed by atoms with van der Waals surface area (Å²) in [6.45, 7) is 0. The Balaban J connectivity index is 2.29. The average molecular weight is 227 g/mol. The third-order valence-corrected chi connectivity index (χ3v) is 2.24. The molecule has 0 radical (unpaired) electrons. The van der Waals surface area contributed by atoms with Crippen LogP contribution in [0.4, 0.5) is 5.95 Å². The molecule has 0 unspecified atom stereocenters. The van der Waals surface area contributed by atoms with Gasteiger partial charge in [0.15, 0.2) is 5.95 Å². The molecule has 84 valence electrons. The molecule has 0 aliphatic rings. The van der Waals surface area contributed by atoms with E-state index in [2.05, 4.69) is 20.0 Å². The van der Waals surface area contributed by atoms with Crippen molar-refractivity contribution in [2.24, 2.45) is 5.11 Å². The molecule has 0 aliphatic carbocycles. The lowest BCUT2D eigenvalue weighted by atomic mass is 10.1. The Labute approximate surface area is 96.6 Å². The van der Waals surface area contributed by atoms with E-state index < -0.39 is 0 Å². The molecule has 6 heteroatoms. The topological polar surface area (TPSA) is 94.5 Å². The molecular formula is C11H9N5O. The minimum absolute atomic E-state index is 0.0192. The first-order valence-electron chi connectivity index (χ1n) is 4.97. The molecule has 6 nitrogen and oxygen atoms in total. The van der Waals surface area contributed by atoms with Gasteiger partial charge in [-0.1, -0.05) is 30.3 Å². The highest BCUT2D eigenvalue weighted by atomic mass is 16.1. The SMILES string of the molecule is [N-]=[N+]=Nc1ncc(Cc2ccccc2)c(=O)[nH]1. The molecule has 2 aromatic rings. The molecule has 0 spiro atoms. The van der Waals surface area contributed by atoms with E-state index in [0.29, 0.717) is 12.0 Å². The first-order valence-corrected chi connectivity index (χ1v) is 4.97. The number of hydrogen-bond acceptors (Lipinski definition) is 3. The van der Waals surface area contributed by atoms with Gasteiger partial charge in [0.25, 0.3) is 5.56 Å². The van der Waals surface area contributed by atoms with Gasteiger partial charge in [0, 0.05) is 23.1 Å². The van der Waals surface area contributed by atoms with Crippen LogP contribution >= 0.6 is 0 Å². The molecule has 0 saturated carbocycles. The van der Waals surface area contributed by atoms with Crippen LogP contribution in [0.15, 0.2) is 46.4 Å². The van der Waals surface area contributed by atoms with Gasteiger partial charge in [-0.25, -0.2) is 4.98 Å². The summed E-state index contributed by atoms with van der Waals surface area (Å²) in [5, 5.41) is 3.23. The van der Waals surface area contributed by atoms with Crippen LogP contribution in [0.3, 0.4) is 0 Å². The molecule has 1 aromatic heterocycles. The van der Waals surface area contributed by atoms with Gasteiger partial charge in [-0.3, -0.25) is 4.79 Å². The van der Waals surface area contributed by atoms with Gasteiger partial charge in [0.2, 0.25) is 0 Å². The zero-order valence-electron chi connectivity index (χ0n) is 8.87. The largest absolute Gasteiger partial charge is 0.305 e. The Kier molecular flexibility index (Phi) is 3.18. The number of aromatic amines is 1. The van der Waals surface area contributed by atoms with Crippen LogP contribution in [0.2, 0.25) is 0 Å². The van der Waals surface area contributed by atoms with E-state index >= 15 is 0 Å². The summed E-state index contributed by atoms with van der Waals surface area (Å²) >= 11 is 0. The lowest BCUT2D eigenvalue weighted by Gasteiger charge is -2.00. The summed E-state index contributed by atoms with van der Waals surface area (Å²) in [5.41, 5.74) is 9.49. The van der Waals surface area contributed by atoms with Crippen LogP contribution < -0.4 is 5.56 Å². The Bertz CT molecular complexity index is 613. The molecule has 0 aliphatic heterocycles. The van der Waals surface area contributed by atoms with Crippen molar-refractivity contribution in [2.45, 2.75) is 6.42 Å². The van der Waals surface area contributed by atoms with E-state index in [1.807, 2.05) is 30.3 Å². The Hall–Kier alpha value is -2.59. The van der Waals surface area contributed by atoms with Gasteiger partial charge in [-0.2, -0.15) is 0 Å². The molecule has 1 aromatic carbocycles. The molecule has 17 heavy (non-hydrogen) atoms. The van der Waals surface area contributed by atoms with Crippen LogP contribution in [0, 0.1) is 0 Å². The molecule has 1 N–H and O–H groups in total. The van der Waals surface area contributed by atoms with Crippen LogP contribution in [-0.2, 0) is 6.42 Å². The number of nitrogens with zero attached hydrogens (tertiary/aromatic N) is 4. The summed E-state index contributed by atoms with van der Waals surface area (Å²) in [6.07, 6.45) is 1.93. The van der Waals surface area contributed by atoms with Crippen molar-refractivity contribution in [1.82, 2.24) is 9.97 Å². The van der Waals surface area contributed by atoms with E-state index in [9.17, 15) is 4.79 Å². The van der Waals surface area contributed by atoms with Gasteiger partial charge in [-0.05, 0) is 16.2 Å². The van der Waals surface area contributed by atoms with Crippen LogP contribution in [-0.4, -0.2) is 9.97 Å². The second kappa shape index (κ2) is 4.96. The van der Waals surface area contributed by atoms with E-state index in [4.69, 9.17) is 5.53 Å². The standard InChI is InChI=1S/C11H9N5O/c12-16-15-11-13-7-9(10(17)14-11)6-8-4-2-1-3-5-8/h1-5,7H,6H2,(H,13,14,17). The van der Waals surface area contributed by atoms with Gasteiger partial charge in [-0.15, -0.1) is 0 Å². The van der Waals surface area contributed by atoms with Crippen molar-refractivity contribution >= 4 is 5.95 Å². The molecule has 0 amide bonds. The Morgan fingerprint density at radius 3 is 2.76 bits per heavy atom. The second-order valence-corrected chi connectivity index (χ2v) is 3.41. The number of benzene rings is 1. The van der Waals surface area contributed by atoms with Crippen molar-refractivity contribution in [3.8, 4) is 0 Å². The van der Waals surface area contributed by atoms with Crippen molar-refractivity contribution in [2.75, 3.05) is 0 Å². The lowest BCUT2D eigenvalue weighted by Crippen LogP contribution is -2.13. The zero-order chi connectivity index (χ0) is 12.1. The maximum absolute atomic E-state index is 11.6. The highest BCUT2D eigenvalue weighted by Crippen LogP contribution is 2.06. The van der Waals surface area contributed by atoms with Gasteiger partial charge in [0.1, 0.15) is 0 Å². The summed E-state index contributed by atoms with van der Waals surface area (Å²) in [4.78, 5) is 20.5. The third-order valence-electron chi connectivity index (χ3n) is 2.24. The van der Waals surface area contributed by atoms with Gasteiger partial charge >= 0.3 is 0 Å². The highest BCUT2D eigenvalue weighted by Gasteiger charge is 2.02. The number of nitrogens with one attached hydrogen (secondary N) is 1. The Morgan fingerprint density at radius 1 is 1.35 bits per heavy atom. The second-order valence-electron chi connectivity index (χ2n) is 3.41. The van der Waals surface area contributed by atoms with E-state index in [1.54, 1.807) is 0 Å². The van der Waals surface area contributed by atoms with Gasteiger partial charge < -0.3 is 4.98 Å². The summed E-state index contributed by atoms with van der Waals surface area (Å²) < 4.78 is 0.